The summed E-state index contributed by atoms with van der Waals surface area (Å²) in [6.45, 7) is 12.0. The van der Waals surface area contributed by atoms with Gasteiger partial charge in [-0.05, 0) is 41.9 Å². The molecule has 0 bridgehead atoms. The van der Waals surface area contributed by atoms with Crippen molar-refractivity contribution in [2.45, 2.75) is 89.5 Å². The van der Waals surface area contributed by atoms with Crippen LogP contribution in [0.1, 0.15) is 78.7 Å². The number of nitrogens with zero attached hydrogens (tertiary/aromatic N) is 2. The van der Waals surface area contributed by atoms with Gasteiger partial charge in [0.1, 0.15) is 6.04 Å². The summed E-state index contributed by atoms with van der Waals surface area (Å²) in [5, 5.41) is 0. The minimum Gasteiger partial charge on any atom is -0.339 e. The molecular formula is C27H43N3O4S. The zero-order valence-electron chi connectivity index (χ0n) is 22.0. The maximum absolute atomic E-state index is 13.5. The fraction of sp³-hybridized carbons (Fsp3) is 0.704. The molecule has 35 heavy (non-hydrogen) atoms. The molecule has 0 aromatic heterocycles. The maximum atomic E-state index is 13.5. The third-order valence-corrected chi connectivity index (χ3v) is 9.11. The molecule has 1 saturated carbocycles. The lowest BCUT2D eigenvalue weighted by Crippen LogP contribution is -2.57. The van der Waals surface area contributed by atoms with Gasteiger partial charge >= 0.3 is 0 Å². The van der Waals surface area contributed by atoms with Gasteiger partial charge in [-0.2, -0.15) is 4.72 Å². The number of hydrogen-bond acceptors (Lipinski definition) is 4. The Bertz CT molecular complexity index is 971. The van der Waals surface area contributed by atoms with Gasteiger partial charge in [0.2, 0.25) is 21.8 Å². The zero-order chi connectivity index (χ0) is 25.8. The molecule has 8 heteroatoms. The molecule has 0 spiro atoms. The van der Waals surface area contributed by atoms with E-state index in [1.165, 1.54) is 6.42 Å². The number of hydrogen-bond donors (Lipinski definition) is 1. The second kappa shape index (κ2) is 11.4. The van der Waals surface area contributed by atoms with E-state index in [4.69, 9.17) is 0 Å². The predicted molar refractivity (Wildman–Crippen MR) is 138 cm³/mol. The zero-order valence-corrected chi connectivity index (χ0v) is 22.9. The number of amides is 2. The lowest BCUT2D eigenvalue weighted by atomic mass is 9.87. The van der Waals surface area contributed by atoms with Crippen LogP contribution in [0, 0.1) is 11.8 Å². The van der Waals surface area contributed by atoms with Gasteiger partial charge in [-0.1, -0.05) is 72.4 Å². The Morgan fingerprint density at radius 3 is 2.03 bits per heavy atom. The summed E-state index contributed by atoms with van der Waals surface area (Å²) in [7, 11) is -3.86. The summed E-state index contributed by atoms with van der Waals surface area (Å²) in [4.78, 5) is 30.1. The third-order valence-electron chi connectivity index (χ3n) is 7.65. The second-order valence-electron chi connectivity index (χ2n) is 11.2. The molecule has 2 unspecified atom stereocenters. The smallest absolute Gasteiger partial charge is 0.241 e. The van der Waals surface area contributed by atoms with Gasteiger partial charge in [0.25, 0.3) is 0 Å². The van der Waals surface area contributed by atoms with E-state index in [2.05, 4.69) is 25.5 Å². The van der Waals surface area contributed by atoms with E-state index in [-0.39, 0.29) is 34.0 Å². The molecule has 1 aliphatic carbocycles. The number of carbonyl (C=O) groups excluding carboxylic acids is 2. The van der Waals surface area contributed by atoms with Crippen LogP contribution in [0.2, 0.25) is 0 Å². The van der Waals surface area contributed by atoms with Crippen molar-refractivity contribution in [3.63, 3.8) is 0 Å². The first-order chi connectivity index (χ1) is 16.4. The molecule has 7 nitrogen and oxygen atoms in total. The van der Waals surface area contributed by atoms with Gasteiger partial charge < -0.3 is 9.80 Å². The molecule has 1 aliphatic heterocycles. The van der Waals surface area contributed by atoms with E-state index in [0.717, 1.165) is 31.2 Å². The largest absolute Gasteiger partial charge is 0.339 e. The summed E-state index contributed by atoms with van der Waals surface area (Å²) < 4.78 is 29.1. The van der Waals surface area contributed by atoms with Crippen LogP contribution in [0.3, 0.4) is 0 Å². The summed E-state index contributed by atoms with van der Waals surface area (Å²) in [6, 6.07) is 6.04. The molecule has 3 rings (SSSR count). The Hall–Kier alpha value is -1.93. The van der Waals surface area contributed by atoms with E-state index in [0.29, 0.717) is 32.6 Å². The average Bonchev–Trinajstić information content (AvgIpc) is 2.86. The summed E-state index contributed by atoms with van der Waals surface area (Å²) >= 11 is 0. The Morgan fingerprint density at radius 1 is 0.971 bits per heavy atom. The van der Waals surface area contributed by atoms with Crippen LogP contribution in [-0.4, -0.2) is 62.3 Å². The average molecular weight is 506 g/mol. The van der Waals surface area contributed by atoms with Crippen molar-refractivity contribution in [1.82, 2.24) is 14.5 Å². The van der Waals surface area contributed by atoms with Crippen LogP contribution in [0.25, 0.3) is 0 Å². The Kier molecular flexibility index (Phi) is 9.02. The molecule has 1 heterocycles. The van der Waals surface area contributed by atoms with Crippen LogP contribution in [0.15, 0.2) is 29.2 Å². The van der Waals surface area contributed by atoms with Gasteiger partial charge in [0, 0.05) is 32.1 Å². The first-order valence-corrected chi connectivity index (χ1v) is 14.6. The first kappa shape index (κ1) is 27.7. The van der Waals surface area contributed by atoms with Crippen LogP contribution in [-0.2, 0) is 25.0 Å². The molecule has 2 aliphatic rings. The predicted octanol–water partition coefficient (Wildman–Crippen LogP) is 3.93. The van der Waals surface area contributed by atoms with E-state index >= 15 is 0 Å². The number of sulfonamides is 1. The number of piperazine rings is 1. The molecule has 196 valence electrons. The molecule has 1 aromatic carbocycles. The first-order valence-electron chi connectivity index (χ1n) is 13.1. The maximum Gasteiger partial charge on any atom is 0.241 e. The lowest BCUT2D eigenvalue weighted by molar-refractivity contribution is -0.144. The van der Waals surface area contributed by atoms with Crippen LogP contribution < -0.4 is 4.72 Å². The van der Waals surface area contributed by atoms with Crippen LogP contribution in [0.5, 0.6) is 0 Å². The van der Waals surface area contributed by atoms with Crippen LogP contribution >= 0.6 is 0 Å². The fourth-order valence-corrected chi connectivity index (χ4v) is 6.26. The highest BCUT2D eigenvalue weighted by Crippen LogP contribution is 2.27. The minimum atomic E-state index is -3.86. The second-order valence-corrected chi connectivity index (χ2v) is 13.0. The number of rotatable bonds is 7. The fourth-order valence-electron chi connectivity index (χ4n) is 4.97. The van der Waals surface area contributed by atoms with Gasteiger partial charge in [-0.15, -0.1) is 0 Å². The highest BCUT2D eigenvalue weighted by Gasteiger charge is 2.35. The topological polar surface area (TPSA) is 86.8 Å². The van der Waals surface area contributed by atoms with Crippen molar-refractivity contribution in [2.24, 2.45) is 11.8 Å². The SMILES string of the molecule is CCC(C)C(NS(=O)(=O)c1ccc(C(C)(C)C)cc1)C(=O)N1CCN(C(=O)C2CCCCC2)CC1. The van der Waals surface area contributed by atoms with Crippen LogP contribution in [0.4, 0.5) is 0 Å². The molecule has 2 amide bonds. The highest BCUT2D eigenvalue weighted by molar-refractivity contribution is 7.89. The summed E-state index contributed by atoms with van der Waals surface area (Å²) in [5.41, 5.74) is 0.970. The monoisotopic (exact) mass is 505 g/mol. The van der Waals surface area contributed by atoms with E-state index in [1.54, 1.807) is 17.0 Å². The molecule has 0 radical (unpaired) electrons. The summed E-state index contributed by atoms with van der Waals surface area (Å²) in [5.74, 6) is -0.0305. The lowest BCUT2D eigenvalue weighted by Gasteiger charge is -2.39. The minimum absolute atomic E-state index is 0.0779. The van der Waals surface area contributed by atoms with Gasteiger partial charge in [0.05, 0.1) is 4.90 Å². The van der Waals surface area contributed by atoms with Crippen molar-refractivity contribution >= 4 is 21.8 Å². The van der Waals surface area contributed by atoms with Crippen molar-refractivity contribution in [3.8, 4) is 0 Å². The van der Waals surface area contributed by atoms with Crippen molar-refractivity contribution < 1.29 is 18.0 Å². The Labute approximate surface area is 211 Å². The Balaban J connectivity index is 1.67. The molecule has 1 aromatic rings. The molecule has 2 fully saturated rings. The number of carbonyl (C=O) groups is 2. The van der Waals surface area contributed by atoms with Gasteiger partial charge in [0.15, 0.2) is 0 Å². The third kappa shape index (κ3) is 6.85. The van der Waals surface area contributed by atoms with Gasteiger partial charge in [-0.25, -0.2) is 8.42 Å². The van der Waals surface area contributed by atoms with Crippen molar-refractivity contribution in [3.05, 3.63) is 29.8 Å². The van der Waals surface area contributed by atoms with Crippen molar-refractivity contribution in [2.75, 3.05) is 26.2 Å². The molecule has 1 saturated heterocycles. The Morgan fingerprint density at radius 2 is 1.51 bits per heavy atom. The van der Waals surface area contributed by atoms with E-state index < -0.39 is 16.1 Å². The van der Waals surface area contributed by atoms with Crippen molar-refractivity contribution in [1.29, 1.82) is 0 Å². The number of benzene rings is 1. The highest BCUT2D eigenvalue weighted by atomic mass is 32.2. The summed E-state index contributed by atoms with van der Waals surface area (Å²) in [6.07, 6.45) is 6.04. The molecule has 1 N–H and O–H groups in total. The number of nitrogens with one attached hydrogen (secondary N) is 1. The van der Waals surface area contributed by atoms with E-state index in [1.807, 2.05) is 30.9 Å². The molecular weight excluding hydrogens is 462 g/mol. The molecule has 2 atom stereocenters. The van der Waals surface area contributed by atoms with E-state index in [9.17, 15) is 18.0 Å². The normalized spacial score (nSPS) is 19.9. The standard InChI is InChI=1S/C27H43N3O4S/c1-6-20(2)24(28-35(33,34)23-14-12-22(13-15-23)27(3,4)5)26(32)30-18-16-29(17-19-30)25(31)21-10-8-7-9-11-21/h12-15,20-21,24,28H,6-11,16-19H2,1-5H3. The quantitative estimate of drug-likeness (QED) is 0.608. The van der Waals surface area contributed by atoms with Gasteiger partial charge in [-0.3, -0.25) is 9.59 Å².